The van der Waals surface area contributed by atoms with E-state index >= 15 is 0 Å². The summed E-state index contributed by atoms with van der Waals surface area (Å²) in [6.45, 7) is 2.08. The van der Waals surface area contributed by atoms with E-state index < -0.39 is 0 Å². The molecule has 2 aromatic carbocycles. The van der Waals surface area contributed by atoms with E-state index in [0.717, 1.165) is 18.4 Å². The molecule has 2 heteroatoms. The van der Waals surface area contributed by atoms with Crippen LogP contribution in [0.3, 0.4) is 0 Å². The summed E-state index contributed by atoms with van der Waals surface area (Å²) in [5.74, 6) is -0.134. The van der Waals surface area contributed by atoms with Crippen molar-refractivity contribution in [3.63, 3.8) is 0 Å². The second-order valence-electron chi connectivity index (χ2n) is 4.89. The standard InChI is InChI=1S/C17H20FN/c1-13-7-9-14(10-8-13)11-12-17(19-2)15-5-3-4-6-16(15)18/h3-10,17,19H,11-12H2,1-2H3. The lowest BCUT2D eigenvalue weighted by Crippen LogP contribution is -2.18. The van der Waals surface area contributed by atoms with Crippen LogP contribution in [0, 0.1) is 12.7 Å². The Bertz CT molecular complexity index is 519. The molecule has 0 aliphatic carbocycles. The SMILES string of the molecule is CNC(CCc1ccc(C)cc1)c1ccccc1F. The van der Waals surface area contributed by atoms with Crippen LogP contribution in [0.2, 0.25) is 0 Å². The predicted octanol–water partition coefficient (Wildman–Crippen LogP) is 4.03. The van der Waals surface area contributed by atoms with Crippen molar-refractivity contribution in [2.24, 2.45) is 0 Å². The highest BCUT2D eigenvalue weighted by molar-refractivity contribution is 5.24. The van der Waals surface area contributed by atoms with Crippen molar-refractivity contribution in [3.05, 3.63) is 71.0 Å². The Balaban J connectivity index is 2.04. The Morgan fingerprint density at radius 1 is 1.05 bits per heavy atom. The summed E-state index contributed by atoms with van der Waals surface area (Å²) in [5, 5.41) is 3.20. The first kappa shape index (κ1) is 13.8. The molecule has 0 fully saturated rings. The van der Waals surface area contributed by atoms with Crippen molar-refractivity contribution in [2.75, 3.05) is 7.05 Å². The maximum Gasteiger partial charge on any atom is 0.127 e. The van der Waals surface area contributed by atoms with E-state index in [0.29, 0.717) is 0 Å². The van der Waals surface area contributed by atoms with Gasteiger partial charge in [0.25, 0.3) is 0 Å². The summed E-state index contributed by atoms with van der Waals surface area (Å²) < 4.78 is 13.8. The summed E-state index contributed by atoms with van der Waals surface area (Å²) in [4.78, 5) is 0. The van der Waals surface area contributed by atoms with Crippen molar-refractivity contribution in [1.29, 1.82) is 0 Å². The van der Waals surface area contributed by atoms with Crippen LogP contribution in [0.4, 0.5) is 4.39 Å². The number of aryl methyl sites for hydroxylation is 2. The van der Waals surface area contributed by atoms with Crippen LogP contribution >= 0.6 is 0 Å². The topological polar surface area (TPSA) is 12.0 Å². The van der Waals surface area contributed by atoms with E-state index in [4.69, 9.17) is 0 Å². The van der Waals surface area contributed by atoms with Crippen molar-refractivity contribution in [2.45, 2.75) is 25.8 Å². The van der Waals surface area contributed by atoms with Crippen molar-refractivity contribution >= 4 is 0 Å². The van der Waals surface area contributed by atoms with E-state index in [1.165, 1.54) is 17.2 Å². The van der Waals surface area contributed by atoms with Crippen molar-refractivity contribution in [1.82, 2.24) is 5.32 Å². The summed E-state index contributed by atoms with van der Waals surface area (Å²) in [7, 11) is 1.88. The Morgan fingerprint density at radius 3 is 2.37 bits per heavy atom. The fraction of sp³-hybridized carbons (Fsp3) is 0.294. The van der Waals surface area contributed by atoms with Gasteiger partial charge in [0, 0.05) is 11.6 Å². The molecule has 0 bridgehead atoms. The molecule has 19 heavy (non-hydrogen) atoms. The predicted molar refractivity (Wildman–Crippen MR) is 77.7 cm³/mol. The molecular formula is C17H20FN. The number of hydrogen-bond acceptors (Lipinski definition) is 1. The van der Waals surface area contributed by atoms with E-state index in [1.807, 2.05) is 19.2 Å². The lowest BCUT2D eigenvalue weighted by Gasteiger charge is -2.17. The fourth-order valence-electron chi connectivity index (χ4n) is 2.28. The second kappa shape index (κ2) is 6.48. The highest BCUT2D eigenvalue weighted by Gasteiger charge is 2.13. The molecule has 1 unspecified atom stereocenters. The lowest BCUT2D eigenvalue weighted by atomic mass is 9.98. The van der Waals surface area contributed by atoms with Crippen molar-refractivity contribution in [3.8, 4) is 0 Å². The molecule has 0 aromatic heterocycles. The van der Waals surface area contributed by atoms with Gasteiger partial charge in [-0.1, -0.05) is 48.0 Å². The van der Waals surface area contributed by atoms with Gasteiger partial charge in [0.15, 0.2) is 0 Å². The molecule has 1 atom stereocenters. The first-order valence-electron chi connectivity index (χ1n) is 6.68. The van der Waals surface area contributed by atoms with Gasteiger partial charge in [-0.3, -0.25) is 0 Å². The van der Waals surface area contributed by atoms with Gasteiger partial charge in [0.1, 0.15) is 5.82 Å². The molecule has 0 aliphatic rings. The van der Waals surface area contributed by atoms with E-state index in [2.05, 4.69) is 36.5 Å². The first-order valence-corrected chi connectivity index (χ1v) is 6.68. The van der Waals surface area contributed by atoms with Crippen LogP contribution in [0.25, 0.3) is 0 Å². The molecule has 0 radical (unpaired) electrons. The van der Waals surface area contributed by atoms with Gasteiger partial charge < -0.3 is 5.32 Å². The Labute approximate surface area is 114 Å². The summed E-state index contributed by atoms with van der Waals surface area (Å²) in [5.41, 5.74) is 3.31. The monoisotopic (exact) mass is 257 g/mol. The third-order valence-corrected chi connectivity index (χ3v) is 3.47. The third kappa shape index (κ3) is 3.65. The van der Waals surface area contributed by atoms with Crippen LogP contribution in [-0.4, -0.2) is 7.05 Å². The zero-order valence-electron chi connectivity index (χ0n) is 11.5. The normalized spacial score (nSPS) is 12.4. The van der Waals surface area contributed by atoms with Crippen molar-refractivity contribution < 1.29 is 4.39 Å². The number of nitrogens with one attached hydrogen (secondary N) is 1. The van der Waals surface area contributed by atoms with E-state index in [-0.39, 0.29) is 11.9 Å². The highest BCUT2D eigenvalue weighted by atomic mass is 19.1. The van der Waals surface area contributed by atoms with Gasteiger partial charge in [-0.25, -0.2) is 4.39 Å². The minimum absolute atomic E-state index is 0.0579. The first-order chi connectivity index (χ1) is 9.20. The maximum absolute atomic E-state index is 13.8. The largest absolute Gasteiger partial charge is 0.313 e. The van der Waals surface area contributed by atoms with Gasteiger partial charge in [-0.05, 0) is 38.4 Å². The van der Waals surface area contributed by atoms with Crippen LogP contribution in [0.5, 0.6) is 0 Å². The highest BCUT2D eigenvalue weighted by Crippen LogP contribution is 2.21. The average molecular weight is 257 g/mol. The molecule has 2 aromatic rings. The molecule has 0 aliphatic heterocycles. The molecule has 1 N–H and O–H groups in total. The van der Waals surface area contributed by atoms with E-state index in [9.17, 15) is 4.39 Å². The Hall–Kier alpha value is -1.67. The van der Waals surface area contributed by atoms with Crippen LogP contribution in [0.15, 0.2) is 48.5 Å². The van der Waals surface area contributed by atoms with Gasteiger partial charge >= 0.3 is 0 Å². The second-order valence-corrected chi connectivity index (χ2v) is 4.89. The number of hydrogen-bond donors (Lipinski definition) is 1. The third-order valence-electron chi connectivity index (χ3n) is 3.47. The molecule has 2 rings (SSSR count). The molecule has 0 saturated carbocycles. The molecule has 100 valence electrons. The number of halogens is 1. The smallest absolute Gasteiger partial charge is 0.127 e. The summed E-state index contributed by atoms with van der Waals surface area (Å²) in [6.07, 6.45) is 1.83. The molecular weight excluding hydrogens is 237 g/mol. The molecule has 0 saturated heterocycles. The van der Waals surface area contributed by atoms with Crippen LogP contribution in [0.1, 0.15) is 29.2 Å². The van der Waals surface area contributed by atoms with Crippen LogP contribution < -0.4 is 5.32 Å². The van der Waals surface area contributed by atoms with Crippen LogP contribution in [-0.2, 0) is 6.42 Å². The number of benzene rings is 2. The minimum atomic E-state index is -0.134. The minimum Gasteiger partial charge on any atom is -0.313 e. The summed E-state index contributed by atoms with van der Waals surface area (Å²) >= 11 is 0. The summed E-state index contributed by atoms with van der Waals surface area (Å²) in [6, 6.07) is 15.6. The number of rotatable bonds is 5. The Morgan fingerprint density at radius 2 is 1.74 bits per heavy atom. The fourth-order valence-corrected chi connectivity index (χ4v) is 2.28. The van der Waals surface area contributed by atoms with Gasteiger partial charge in [-0.15, -0.1) is 0 Å². The maximum atomic E-state index is 13.8. The zero-order valence-corrected chi connectivity index (χ0v) is 11.5. The van der Waals surface area contributed by atoms with Gasteiger partial charge in [0.05, 0.1) is 0 Å². The lowest BCUT2D eigenvalue weighted by molar-refractivity contribution is 0.509. The van der Waals surface area contributed by atoms with Gasteiger partial charge in [0.2, 0.25) is 0 Å². The Kier molecular flexibility index (Phi) is 4.69. The quantitative estimate of drug-likeness (QED) is 0.852. The van der Waals surface area contributed by atoms with Gasteiger partial charge in [-0.2, -0.15) is 0 Å². The van der Waals surface area contributed by atoms with E-state index in [1.54, 1.807) is 6.07 Å². The molecule has 1 nitrogen and oxygen atoms in total. The molecule has 0 spiro atoms. The average Bonchev–Trinajstić information content (AvgIpc) is 2.43. The zero-order chi connectivity index (χ0) is 13.7. The molecule has 0 amide bonds. The molecule has 0 heterocycles.